The first-order chi connectivity index (χ1) is 10.7. The average Bonchev–Trinajstić information content (AvgIpc) is 3.01. The lowest BCUT2D eigenvalue weighted by molar-refractivity contribution is 0.108. The van der Waals surface area contributed by atoms with E-state index in [4.69, 9.17) is 4.74 Å². The lowest BCUT2D eigenvalue weighted by atomic mass is 10.2. The molecule has 130 valence electrons. The monoisotopic (exact) mass is 312 g/mol. The molecule has 5 heteroatoms. The first kappa shape index (κ1) is 19.2. The molecule has 1 aliphatic rings. The predicted molar refractivity (Wildman–Crippen MR) is 94.5 cm³/mol. The van der Waals surface area contributed by atoms with E-state index in [0.717, 1.165) is 38.7 Å². The molecule has 0 amide bonds. The molecule has 22 heavy (non-hydrogen) atoms. The lowest BCUT2D eigenvalue weighted by Gasteiger charge is -2.15. The van der Waals surface area contributed by atoms with E-state index < -0.39 is 0 Å². The van der Waals surface area contributed by atoms with E-state index in [1.165, 1.54) is 45.3 Å². The number of unbranched alkanes of at least 4 members (excludes halogenated alkanes) is 1. The number of rotatable bonds is 11. The van der Waals surface area contributed by atoms with E-state index in [-0.39, 0.29) is 0 Å². The number of hydrogen-bond donors (Lipinski definition) is 2. The van der Waals surface area contributed by atoms with Gasteiger partial charge in [-0.05, 0) is 57.7 Å². The van der Waals surface area contributed by atoms with Gasteiger partial charge >= 0.3 is 0 Å². The van der Waals surface area contributed by atoms with Gasteiger partial charge in [0, 0.05) is 33.4 Å². The molecular weight excluding hydrogens is 276 g/mol. The molecule has 1 aliphatic heterocycles. The van der Waals surface area contributed by atoms with Crippen LogP contribution in [-0.4, -0.2) is 63.8 Å². The van der Waals surface area contributed by atoms with Gasteiger partial charge in [-0.25, -0.2) is 0 Å². The highest BCUT2D eigenvalue weighted by molar-refractivity contribution is 5.79. The number of nitrogens with zero attached hydrogens (tertiary/aromatic N) is 2. The van der Waals surface area contributed by atoms with Crippen LogP contribution in [0.15, 0.2) is 4.99 Å². The standard InChI is InChI=1S/C17H36N4O/c1-16(2)15-22-14-8-10-20-17(18-3)19-9-4-5-11-21-12-6-7-13-21/h16H,4-15H2,1-3H3,(H2,18,19,20). The number of guanidine groups is 1. The van der Waals surface area contributed by atoms with Crippen molar-refractivity contribution >= 4 is 5.96 Å². The van der Waals surface area contributed by atoms with Gasteiger partial charge in [0.25, 0.3) is 0 Å². The minimum Gasteiger partial charge on any atom is -0.381 e. The van der Waals surface area contributed by atoms with E-state index >= 15 is 0 Å². The van der Waals surface area contributed by atoms with Crippen molar-refractivity contribution in [2.75, 3.05) is 53.0 Å². The average molecular weight is 313 g/mol. The number of likely N-dealkylation sites (tertiary alicyclic amines) is 1. The van der Waals surface area contributed by atoms with Crippen molar-refractivity contribution in [2.24, 2.45) is 10.9 Å². The van der Waals surface area contributed by atoms with Crippen molar-refractivity contribution < 1.29 is 4.74 Å². The summed E-state index contributed by atoms with van der Waals surface area (Å²) in [6, 6.07) is 0. The zero-order valence-corrected chi connectivity index (χ0v) is 14.9. The summed E-state index contributed by atoms with van der Waals surface area (Å²) in [5, 5.41) is 6.72. The van der Waals surface area contributed by atoms with Gasteiger partial charge in [0.1, 0.15) is 0 Å². The van der Waals surface area contributed by atoms with E-state index in [9.17, 15) is 0 Å². The molecule has 1 heterocycles. The first-order valence-electron chi connectivity index (χ1n) is 8.97. The van der Waals surface area contributed by atoms with Gasteiger partial charge in [0.2, 0.25) is 0 Å². The third-order valence-electron chi connectivity index (χ3n) is 3.82. The number of hydrogen-bond acceptors (Lipinski definition) is 3. The zero-order chi connectivity index (χ0) is 16.0. The Labute approximate surface area is 136 Å². The Morgan fingerprint density at radius 2 is 1.77 bits per heavy atom. The molecule has 5 nitrogen and oxygen atoms in total. The van der Waals surface area contributed by atoms with E-state index in [2.05, 4.69) is 34.4 Å². The van der Waals surface area contributed by atoms with Crippen LogP contribution in [0, 0.1) is 5.92 Å². The highest BCUT2D eigenvalue weighted by atomic mass is 16.5. The molecule has 1 rings (SSSR count). The Morgan fingerprint density at radius 3 is 2.41 bits per heavy atom. The molecule has 0 aromatic heterocycles. The molecular formula is C17H36N4O. The van der Waals surface area contributed by atoms with Crippen molar-refractivity contribution in [2.45, 2.75) is 46.0 Å². The fraction of sp³-hybridized carbons (Fsp3) is 0.941. The molecule has 0 saturated carbocycles. The highest BCUT2D eigenvalue weighted by Gasteiger charge is 2.09. The summed E-state index contributed by atoms with van der Waals surface area (Å²) >= 11 is 0. The highest BCUT2D eigenvalue weighted by Crippen LogP contribution is 2.07. The van der Waals surface area contributed by atoms with Crippen LogP contribution in [0.1, 0.15) is 46.0 Å². The summed E-state index contributed by atoms with van der Waals surface area (Å²) in [4.78, 5) is 6.83. The molecule has 0 radical (unpaired) electrons. The van der Waals surface area contributed by atoms with Crippen LogP contribution < -0.4 is 10.6 Å². The summed E-state index contributed by atoms with van der Waals surface area (Å²) in [7, 11) is 1.83. The van der Waals surface area contributed by atoms with Crippen LogP contribution in [0.3, 0.4) is 0 Å². The molecule has 0 aromatic rings. The molecule has 1 fully saturated rings. The Kier molecular flexibility index (Phi) is 11.1. The minimum atomic E-state index is 0.614. The Bertz CT molecular complexity index is 288. The largest absolute Gasteiger partial charge is 0.381 e. The lowest BCUT2D eigenvalue weighted by Crippen LogP contribution is -2.38. The molecule has 0 atom stereocenters. The van der Waals surface area contributed by atoms with Gasteiger partial charge in [0.05, 0.1) is 0 Å². The zero-order valence-electron chi connectivity index (χ0n) is 14.9. The third-order valence-corrected chi connectivity index (χ3v) is 3.82. The van der Waals surface area contributed by atoms with Crippen LogP contribution >= 0.6 is 0 Å². The normalized spacial score (nSPS) is 16.5. The van der Waals surface area contributed by atoms with Crippen LogP contribution in [-0.2, 0) is 4.74 Å². The van der Waals surface area contributed by atoms with Gasteiger partial charge < -0.3 is 20.3 Å². The maximum atomic E-state index is 5.57. The summed E-state index contributed by atoms with van der Waals surface area (Å²) in [5.74, 6) is 1.52. The number of nitrogens with one attached hydrogen (secondary N) is 2. The Balaban J connectivity index is 1.91. The summed E-state index contributed by atoms with van der Waals surface area (Å²) in [5.41, 5.74) is 0. The van der Waals surface area contributed by atoms with E-state index in [1.54, 1.807) is 0 Å². The van der Waals surface area contributed by atoms with Crippen LogP contribution in [0.5, 0.6) is 0 Å². The fourth-order valence-electron chi connectivity index (χ4n) is 2.59. The smallest absolute Gasteiger partial charge is 0.190 e. The quantitative estimate of drug-likeness (QED) is 0.348. The molecule has 1 saturated heterocycles. The SMILES string of the molecule is CN=C(NCCCCN1CCCC1)NCCCOCC(C)C. The fourth-order valence-corrected chi connectivity index (χ4v) is 2.59. The second-order valence-electron chi connectivity index (χ2n) is 6.50. The van der Waals surface area contributed by atoms with Gasteiger partial charge in [-0.3, -0.25) is 4.99 Å². The van der Waals surface area contributed by atoms with Gasteiger partial charge in [-0.1, -0.05) is 13.8 Å². The van der Waals surface area contributed by atoms with E-state index in [0.29, 0.717) is 5.92 Å². The van der Waals surface area contributed by atoms with Crippen LogP contribution in [0.25, 0.3) is 0 Å². The number of ether oxygens (including phenoxy) is 1. The first-order valence-corrected chi connectivity index (χ1v) is 8.97. The number of aliphatic imine (C=N–C) groups is 1. The van der Waals surface area contributed by atoms with E-state index in [1.807, 2.05) is 7.05 Å². The van der Waals surface area contributed by atoms with Gasteiger partial charge in [0.15, 0.2) is 5.96 Å². The molecule has 2 N–H and O–H groups in total. The summed E-state index contributed by atoms with van der Waals surface area (Å²) in [6.07, 6.45) is 6.26. The van der Waals surface area contributed by atoms with Crippen LogP contribution in [0.4, 0.5) is 0 Å². The summed E-state index contributed by atoms with van der Waals surface area (Å²) in [6.45, 7) is 11.8. The Morgan fingerprint density at radius 1 is 1.09 bits per heavy atom. The van der Waals surface area contributed by atoms with Gasteiger partial charge in [-0.2, -0.15) is 0 Å². The topological polar surface area (TPSA) is 48.9 Å². The van der Waals surface area contributed by atoms with Crippen molar-refractivity contribution in [3.63, 3.8) is 0 Å². The third kappa shape index (κ3) is 10.0. The van der Waals surface area contributed by atoms with Crippen molar-refractivity contribution in [1.29, 1.82) is 0 Å². The van der Waals surface area contributed by atoms with Crippen molar-refractivity contribution in [1.82, 2.24) is 15.5 Å². The maximum absolute atomic E-state index is 5.57. The molecule has 0 aliphatic carbocycles. The van der Waals surface area contributed by atoms with Crippen LogP contribution in [0.2, 0.25) is 0 Å². The molecule has 0 spiro atoms. The summed E-state index contributed by atoms with van der Waals surface area (Å²) < 4.78 is 5.57. The van der Waals surface area contributed by atoms with Crippen molar-refractivity contribution in [3.8, 4) is 0 Å². The minimum absolute atomic E-state index is 0.614. The molecule has 0 bridgehead atoms. The molecule has 0 aromatic carbocycles. The Hall–Kier alpha value is -0.810. The molecule has 0 unspecified atom stereocenters. The van der Waals surface area contributed by atoms with Gasteiger partial charge in [-0.15, -0.1) is 0 Å². The van der Waals surface area contributed by atoms with Crippen molar-refractivity contribution in [3.05, 3.63) is 0 Å². The predicted octanol–water partition coefficient (Wildman–Crippen LogP) is 2.09. The second kappa shape index (κ2) is 12.7. The maximum Gasteiger partial charge on any atom is 0.190 e. The second-order valence-corrected chi connectivity index (χ2v) is 6.50.